The maximum Gasteiger partial charge on any atom is 0.131 e. The minimum atomic E-state index is 0.758. The average Bonchev–Trinajstić information content (AvgIpc) is 2.52. The van der Waals surface area contributed by atoms with E-state index in [2.05, 4.69) is 29.4 Å². The lowest BCUT2D eigenvalue weighted by molar-refractivity contribution is 0.475. The van der Waals surface area contributed by atoms with Crippen LogP contribution in [0.5, 0.6) is 0 Å². The zero-order chi connectivity index (χ0) is 10.4. The topological polar surface area (TPSA) is 37.8 Å². The molecule has 0 fully saturated rings. The maximum absolute atomic E-state index is 4.06. The highest BCUT2D eigenvalue weighted by atomic mass is 32.1. The summed E-state index contributed by atoms with van der Waals surface area (Å²) in [6.07, 6.45) is 2.56. The molecule has 1 aromatic rings. The van der Waals surface area contributed by atoms with Crippen molar-refractivity contribution in [2.45, 2.75) is 40.2 Å². The van der Waals surface area contributed by atoms with E-state index in [1.54, 1.807) is 11.3 Å². The smallest absolute Gasteiger partial charge is 0.131 e. The summed E-state index contributed by atoms with van der Waals surface area (Å²) in [7, 11) is 0. The van der Waals surface area contributed by atoms with Gasteiger partial charge in [0.2, 0.25) is 0 Å². The predicted molar refractivity (Wildman–Crippen MR) is 60.4 cm³/mol. The number of rotatable bonds is 6. The fourth-order valence-electron chi connectivity index (χ4n) is 1.43. The molecule has 1 unspecified atom stereocenters. The van der Waals surface area contributed by atoms with Gasteiger partial charge in [0, 0.05) is 6.54 Å². The third-order valence-corrected chi connectivity index (χ3v) is 2.96. The Morgan fingerprint density at radius 3 is 2.79 bits per heavy atom. The molecule has 1 heterocycles. The molecule has 1 rings (SSSR count). The minimum Gasteiger partial charge on any atom is -0.310 e. The van der Waals surface area contributed by atoms with Gasteiger partial charge in [-0.2, -0.15) is 0 Å². The van der Waals surface area contributed by atoms with Gasteiger partial charge < -0.3 is 5.32 Å². The van der Waals surface area contributed by atoms with Crippen LogP contribution < -0.4 is 5.32 Å². The lowest BCUT2D eigenvalue weighted by Gasteiger charge is -2.09. The van der Waals surface area contributed by atoms with Crippen molar-refractivity contribution in [2.24, 2.45) is 5.92 Å². The number of aryl methyl sites for hydroxylation is 1. The van der Waals surface area contributed by atoms with Crippen LogP contribution in [0.4, 0.5) is 0 Å². The van der Waals surface area contributed by atoms with Crippen LogP contribution >= 0.6 is 11.3 Å². The molecule has 0 aliphatic rings. The first-order chi connectivity index (χ1) is 6.72. The molecule has 0 aliphatic carbocycles. The lowest BCUT2D eigenvalue weighted by Crippen LogP contribution is -2.20. The summed E-state index contributed by atoms with van der Waals surface area (Å²) < 4.78 is 0. The Labute approximate surface area is 89.9 Å². The molecule has 4 heteroatoms. The highest BCUT2D eigenvalue weighted by molar-refractivity contribution is 7.11. The molecule has 0 saturated heterocycles. The van der Waals surface area contributed by atoms with E-state index in [9.17, 15) is 0 Å². The van der Waals surface area contributed by atoms with E-state index in [0.717, 1.165) is 29.0 Å². The van der Waals surface area contributed by atoms with Crippen molar-refractivity contribution in [1.82, 2.24) is 15.5 Å². The highest BCUT2D eigenvalue weighted by Gasteiger charge is 2.02. The quantitative estimate of drug-likeness (QED) is 0.788. The number of hydrogen-bond donors (Lipinski definition) is 1. The molecule has 0 aliphatic heterocycles. The van der Waals surface area contributed by atoms with Gasteiger partial charge >= 0.3 is 0 Å². The molecule has 0 bridgehead atoms. The van der Waals surface area contributed by atoms with Gasteiger partial charge in [-0.3, -0.25) is 0 Å². The molecule has 0 spiro atoms. The molecular weight excluding hydrogens is 194 g/mol. The SMILES string of the molecule is CCCC(C)CNCc1nnc(C)s1. The first kappa shape index (κ1) is 11.6. The highest BCUT2D eigenvalue weighted by Crippen LogP contribution is 2.08. The summed E-state index contributed by atoms with van der Waals surface area (Å²) in [5.74, 6) is 0.758. The Morgan fingerprint density at radius 1 is 1.43 bits per heavy atom. The van der Waals surface area contributed by atoms with Gasteiger partial charge in [-0.15, -0.1) is 21.5 Å². The van der Waals surface area contributed by atoms with Gasteiger partial charge in [-0.25, -0.2) is 0 Å². The molecule has 1 atom stereocenters. The van der Waals surface area contributed by atoms with Gasteiger partial charge in [0.05, 0.1) is 0 Å². The van der Waals surface area contributed by atoms with E-state index in [1.807, 2.05) is 6.92 Å². The monoisotopic (exact) mass is 213 g/mol. The van der Waals surface area contributed by atoms with Crippen LogP contribution in [0.25, 0.3) is 0 Å². The summed E-state index contributed by atoms with van der Waals surface area (Å²) in [4.78, 5) is 0. The summed E-state index contributed by atoms with van der Waals surface area (Å²) in [5.41, 5.74) is 0. The van der Waals surface area contributed by atoms with Crippen molar-refractivity contribution < 1.29 is 0 Å². The van der Waals surface area contributed by atoms with Gasteiger partial charge in [0.1, 0.15) is 10.0 Å². The lowest BCUT2D eigenvalue weighted by atomic mass is 10.1. The zero-order valence-electron chi connectivity index (χ0n) is 9.21. The van der Waals surface area contributed by atoms with Crippen molar-refractivity contribution in [3.63, 3.8) is 0 Å². The van der Waals surface area contributed by atoms with Crippen molar-refractivity contribution >= 4 is 11.3 Å². The Bertz CT molecular complexity index is 260. The normalized spacial score (nSPS) is 13.1. The van der Waals surface area contributed by atoms with Crippen molar-refractivity contribution in [3.05, 3.63) is 10.0 Å². The van der Waals surface area contributed by atoms with Crippen LogP contribution in [0.1, 0.15) is 36.7 Å². The van der Waals surface area contributed by atoms with E-state index >= 15 is 0 Å². The molecule has 0 aromatic carbocycles. The van der Waals surface area contributed by atoms with Crippen LogP contribution in [0.3, 0.4) is 0 Å². The van der Waals surface area contributed by atoms with Crippen molar-refractivity contribution in [3.8, 4) is 0 Å². The molecule has 1 aromatic heterocycles. The molecule has 0 saturated carbocycles. The largest absolute Gasteiger partial charge is 0.310 e. The van der Waals surface area contributed by atoms with Crippen LogP contribution in [0, 0.1) is 12.8 Å². The van der Waals surface area contributed by atoms with E-state index in [-0.39, 0.29) is 0 Å². The predicted octanol–water partition coefficient (Wildman–Crippen LogP) is 2.37. The first-order valence-corrected chi connectivity index (χ1v) is 6.03. The van der Waals surface area contributed by atoms with Gasteiger partial charge in [0.15, 0.2) is 0 Å². The number of aromatic nitrogens is 2. The number of nitrogens with zero attached hydrogens (tertiary/aromatic N) is 2. The van der Waals surface area contributed by atoms with Gasteiger partial charge in [0.25, 0.3) is 0 Å². The Kier molecular flexibility index (Phi) is 5.04. The van der Waals surface area contributed by atoms with Crippen LogP contribution in [-0.2, 0) is 6.54 Å². The van der Waals surface area contributed by atoms with E-state index in [1.165, 1.54) is 12.8 Å². The van der Waals surface area contributed by atoms with Crippen LogP contribution in [-0.4, -0.2) is 16.7 Å². The Hall–Kier alpha value is -0.480. The third kappa shape index (κ3) is 4.15. The second kappa shape index (κ2) is 6.09. The summed E-state index contributed by atoms with van der Waals surface area (Å²) in [5, 5.41) is 13.6. The average molecular weight is 213 g/mol. The molecule has 0 radical (unpaired) electrons. The van der Waals surface area contributed by atoms with Gasteiger partial charge in [-0.1, -0.05) is 20.3 Å². The first-order valence-electron chi connectivity index (χ1n) is 5.22. The second-order valence-corrected chi connectivity index (χ2v) is 5.01. The molecular formula is C10H19N3S. The van der Waals surface area contributed by atoms with Crippen LogP contribution in [0.15, 0.2) is 0 Å². The van der Waals surface area contributed by atoms with Crippen molar-refractivity contribution in [2.75, 3.05) is 6.54 Å². The molecule has 3 nitrogen and oxygen atoms in total. The second-order valence-electron chi connectivity index (χ2n) is 3.74. The fraction of sp³-hybridized carbons (Fsp3) is 0.800. The number of nitrogens with one attached hydrogen (secondary N) is 1. The molecule has 80 valence electrons. The van der Waals surface area contributed by atoms with Crippen molar-refractivity contribution in [1.29, 1.82) is 0 Å². The Morgan fingerprint density at radius 2 is 2.21 bits per heavy atom. The van der Waals surface area contributed by atoms with E-state index < -0.39 is 0 Å². The minimum absolute atomic E-state index is 0.758. The molecule has 1 N–H and O–H groups in total. The third-order valence-electron chi connectivity index (χ3n) is 2.12. The zero-order valence-corrected chi connectivity index (χ0v) is 10.0. The Balaban J connectivity index is 2.15. The maximum atomic E-state index is 4.06. The van der Waals surface area contributed by atoms with Crippen LogP contribution in [0.2, 0.25) is 0 Å². The van der Waals surface area contributed by atoms with E-state index in [0.29, 0.717) is 0 Å². The summed E-state index contributed by atoms with van der Waals surface area (Å²) >= 11 is 1.67. The van der Waals surface area contributed by atoms with E-state index in [4.69, 9.17) is 0 Å². The number of hydrogen-bond acceptors (Lipinski definition) is 4. The standard InChI is InChI=1S/C10H19N3S/c1-4-5-8(2)6-11-7-10-13-12-9(3)14-10/h8,11H,4-7H2,1-3H3. The summed E-state index contributed by atoms with van der Waals surface area (Å²) in [6.45, 7) is 8.43. The molecule has 0 amide bonds. The summed E-state index contributed by atoms with van der Waals surface area (Å²) in [6, 6.07) is 0. The van der Waals surface area contributed by atoms with Gasteiger partial charge in [-0.05, 0) is 25.8 Å². The fourth-order valence-corrected chi connectivity index (χ4v) is 2.11. The molecule has 14 heavy (non-hydrogen) atoms.